The van der Waals surface area contributed by atoms with Crippen LogP contribution in [0.3, 0.4) is 0 Å². The molecule has 2 heterocycles. The maximum Gasteiger partial charge on any atom is 0.238 e. The Balaban J connectivity index is 1.79. The highest BCUT2D eigenvalue weighted by molar-refractivity contribution is 5.88. The third-order valence-electron chi connectivity index (χ3n) is 5.34. The van der Waals surface area contributed by atoms with Crippen molar-refractivity contribution in [1.82, 2.24) is 0 Å². The van der Waals surface area contributed by atoms with Crippen molar-refractivity contribution in [2.24, 2.45) is 0 Å². The van der Waals surface area contributed by atoms with E-state index in [1.807, 2.05) is 0 Å². The predicted molar refractivity (Wildman–Crippen MR) is 111 cm³/mol. The zero-order chi connectivity index (χ0) is 24.9. The molecule has 0 amide bonds. The molecule has 13 heteroatoms. The summed E-state index contributed by atoms with van der Waals surface area (Å²) in [6.07, 6.45) is -8.31. The van der Waals surface area contributed by atoms with E-state index in [9.17, 15) is 50.8 Å². The van der Waals surface area contributed by atoms with Gasteiger partial charge in [0.1, 0.15) is 46.9 Å². The third-order valence-corrected chi connectivity index (χ3v) is 5.34. The van der Waals surface area contributed by atoms with Gasteiger partial charge in [0, 0.05) is 17.7 Å². The normalized spacial score (nSPS) is 24.9. The lowest BCUT2D eigenvalue weighted by atomic mass is 9.99. The molecule has 1 saturated heterocycles. The van der Waals surface area contributed by atoms with Gasteiger partial charge >= 0.3 is 0 Å². The summed E-state index contributed by atoms with van der Waals surface area (Å²) in [6, 6.07) is 3.77. The minimum atomic E-state index is -1.83. The fourth-order valence-electron chi connectivity index (χ4n) is 3.57. The van der Waals surface area contributed by atoms with Gasteiger partial charge in [-0.15, -0.1) is 0 Å². The first-order valence-corrected chi connectivity index (χ1v) is 9.78. The monoisotopic (exact) mass is 480 g/mol. The lowest BCUT2D eigenvalue weighted by molar-refractivity contribution is -0.277. The van der Waals surface area contributed by atoms with Crippen LogP contribution in [0.2, 0.25) is 0 Å². The van der Waals surface area contributed by atoms with Gasteiger partial charge in [0.2, 0.25) is 23.2 Å². The molecule has 1 aliphatic heterocycles. The number of fused-ring (bicyclic) bond motifs is 1. The van der Waals surface area contributed by atoms with E-state index in [0.29, 0.717) is 0 Å². The number of hydrogen-bond donors (Lipinski definition) is 9. The minimum Gasteiger partial charge on any atom is -0.508 e. The van der Waals surface area contributed by atoms with Crippen molar-refractivity contribution < 1.29 is 59.8 Å². The van der Waals surface area contributed by atoms with Crippen molar-refractivity contribution in [2.75, 3.05) is 6.61 Å². The van der Waals surface area contributed by atoms with Crippen molar-refractivity contribution in [3.63, 3.8) is 0 Å². The van der Waals surface area contributed by atoms with Crippen LogP contribution in [0.5, 0.6) is 34.5 Å². The average Bonchev–Trinajstić information content (AvgIpc) is 2.78. The van der Waals surface area contributed by atoms with Crippen LogP contribution in [-0.4, -0.2) is 83.3 Å². The van der Waals surface area contributed by atoms with Crippen LogP contribution in [0.4, 0.5) is 0 Å². The zero-order valence-electron chi connectivity index (χ0n) is 17.1. The third kappa shape index (κ3) is 3.81. The van der Waals surface area contributed by atoms with Gasteiger partial charge in [0.05, 0.1) is 6.61 Å². The molecule has 34 heavy (non-hydrogen) atoms. The molecular weight excluding hydrogens is 460 g/mol. The lowest BCUT2D eigenvalue weighted by Crippen LogP contribution is -2.60. The van der Waals surface area contributed by atoms with Gasteiger partial charge in [-0.2, -0.15) is 0 Å². The molecule has 13 nitrogen and oxygen atoms in total. The molecule has 1 aromatic heterocycles. The molecular formula is C21H20O13. The fourth-order valence-corrected chi connectivity index (χ4v) is 3.57. The number of phenols is 4. The maximum atomic E-state index is 12.6. The first kappa shape index (κ1) is 23.4. The van der Waals surface area contributed by atoms with E-state index in [2.05, 4.69) is 0 Å². The van der Waals surface area contributed by atoms with E-state index in [1.165, 1.54) is 0 Å². The molecule has 1 aliphatic rings. The van der Waals surface area contributed by atoms with Crippen LogP contribution < -0.4 is 10.2 Å². The van der Waals surface area contributed by atoms with E-state index in [0.717, 1.165) is 24.3 Å². The highest BCUT2D eigenvalue weighted by Gasteiger charge is 2.45. The fraction of sp³-hybridized carbons (Fsp3) is 0.286. The maximum absolute atomic E-state index is 12.6. The summed E-state index contributed by atoms with van der Waals surface area (Å²) in [5.74, 6) is -4.80. The first-order chi connectivity index (χ1) is 16.0. The summed E-state index contributed by atoms with van der Waals surface area (Å²) >= 11 is 0. The number of phenolic OH excluding ortho intramolecular Hbond substituents is 4. The van der Waals surface area contributed by atoms with Crippen LogP contribution in [0.15, 0.2) is 33.5 Å². The number of benzene rings is 2. The number of aliphatic hydroxyl groups is 4. The molecule has 0 unspecified atom stereocenters. The Kier molecular flexibility index (Phi) is 5.89. The molecule has 1 fully saturated rings. The Hall–Kier alpha value is -3.75. The summed E-state index contributed by atoms with van der Waals surface area (Å²) in [5.41, 5.74) is -1.58. The van der Waals surface area contributed by atoms with Crippen LogP contribution >= 0.6 is 0 Å². The van der Waals surface area contributed by atoms with E-state index >= 15 is 0 Å². The van der Waals surface area contributed by atoms with Crippen molar-refractivity contribution in [3.8, 4) is 45.8 Å². The van der Waals surface area contributed by atoms with Gasteiger partial charge in [-0.1, -0.05) is 0 Å². The molecule has 0 saturated carbocycles. The van der Waals surface area contributed by atoms with Crippen LogP contribution in [0, 0.1) is 0 Å². The molecule has 9 N–H and O–H groups in total. The number of aliphatic hydroxyl groups excluding tert-OH is 4. The number of hydrogen-bond acceptors (Lipinski definition) is 13. The SMILES string of the molecule is O=c1c(O)c(-c2cc(O)c(O)c(O[C@@H]3O[C@@H](CO)[C@H](O)[C@@H](O)[C@@H]3O)c2)oc2cc(O)cc(O)c12. The Bertz CT molecular complexity index is 1300. The second kappa shape index (κ2) is 8.55. The van der Waals surface area contributed by atoms with Gasteiger partial charge in [0.15, 0.2) is 17.3 Å². The lowest BCUT2D eigenvalue weighted by Gasteiger charge is -2.39. The predicted octanol–water partition coefficient (Wildman–Crippen LogP) is -0.833. The molecule has 3 aromatic rings. The molecule has 0 bridgehead atoms. The van der Waals surface area contributed by atoms with Gasteiger partial charge in [0.25, 0.3) is 0 Å². The molecule has 5 atom stereocenters. The number of ether oxygens (including phenoxy) is 2. The molecule has 0 aliphatic carbocycles. The molecule has 0 spiro atoms. The second-order valence-electron chi connectivity index (χ2n) is 7.60. The smallest absolute Gasteiger partial charge is 0.238 e. The van der Waals surface area contributed by atoms with Gasteiger partial charge in [-0.05, 0) is 12.1 Å². The van der Waals surface area contributed by atoms with Gasteiger partial charge < -0.3 is 59.8 Å². The summed E-state index contributed by atoms with van der Waals surface area (Å²) in [4.78, 5) is 12.6. The highest BCUT2D eigenvalue weighted by Crippen LogP contribution is 2.43. The van der Waals surface area contributed by atoms with Crippen LogP contribution in [-0.2, 0) is 4.74 Å². The molecule has 0 radical (unpaired) electrons. The standard InChI is InChI=1S/C21H20O13/c22-5-12-15(27)17(29)19(31)21(34-12)33-11-2-6(1-9(25)14(11)26)20-18(30)16(28)13-8(24)3-7(23)4-10(13)32-20/h1-4,12,15,17,19,21-27,29-31H,5H2/t12-,15-,17+,19-,21+/m0/s1. The molecule has 2 aromatic carbocycles. The Labute approximate surface area is 189 Å². The van der Waals surface area contributed by atoms with E-state index < -0.39 is 88.4 Å². The van der Waals surface area contributed by atoms with Crippen molar-refractivity contribution in [1.29, 1.82) is 0 Å². The van der Waals surface area contributed by atoms with Crippen LogP contribution in [0.25, 0.3) is 22.3 Å². The van der Waals surface area contributed by atoms with E-state index in [-0.39, 0.29) is 11.1 Å². The van der Waals surface area contributed by atoms with Crippen molar-refractivity contribution >= 4 is 11.0 Å². The van der Waals surface area contributed by atoms with E-state index in [1.54, 1.807) is 0 Å². The summed E-state index contributed by atoms with van der Waals surface area (Å²) in [7, 11) is 0. The second-order valence-corrected chi connectivity index (χ2v) is 7.60. The summed E-state index contributed by atoms with van der Waals surface area (Å²) in [5, 5.41) is 89.1. The largest absolute Gasteiger partial charge is 0.508 e. The minimum absolute atomic E-state index is 0.214. The van der Waals surface area contributed by atoms with Crippen LogP contribution in [0.1, 0.15) is 0 Å². The van der Waals surface area contributed by atoms with Crippen molar-refractivity contribution in [2.45, 2.75) is 30.7 Å². The summed E-state index contributed by atoms with van der Waals surface area (Å²) < 4.78 is 16.0. The first-order valence-electron chi connectivity index (χ1n) is 9.78. The van der Waals surface area contributed by atoms with E-state index in [4.69, 9.17) is 13.9 Å². The van der Waals surface area contributed by atoms with Gasteiger partial charge in [-0.25, -0.2) is 0 Å². The average molecular weight is 480 g/mol. The van der Waals surface area contributed by atoms with Gasteiger partial charge in [-0.3, -0.25) is 4.79 Å². The Morgan fingerprint density at radius 2 is 1.56 bits per heavy atom. The molecule has 4 rings (SSSR count). The zero-order valence-corrected chi connectivity index (χ0v) is 17.1. The number of rotatable bonds is 4. The topological polar surface area (TPSA) is 231 Å². The van der Waals surface area contributed by atoms with Crippen molar-refractivity contribution in [3.05, 3.63) is 34.5 Å². The Morgan fingerprint density at radius 3 is 2.24 bits per heavy atom. The summed E-state index contributed by atoms with van der Waals surface area (Å²) in [6.45, 7) is -0.738. The quantitative estimate of drug-likeness (QED) is 0.208. The Morgan fingerprint density at radius 1 is 0.853 bits per heavy atom. The number of aromatic hydroxyl groups is 5. The highest BCUT2D eigenvalue weighted by atomic mass is 16.7. The molecule has 182 valence electrons.